The molecule has 6 nitrogen and oxygen atoms in total. The van der Waals surface area contributed by atoms with E-state index in [9.17, 15) is 13.2 Å². The second-order valence-electron chi connectivity index (χ2n) is 4.09. The number of benzene rings is 1. The molecule has 1 fully saturated rings. The summed E-state index contributed by atoms with van der Waals surface area (Å²) in [7, 11) is -2.38. The molecule has 1 aromatic rings. The van der Waals surface area contributed by atoms with Crippen molar-refractivity contribution in [3.63, 3.8) is 0 Å². The fourth-order valence-electron chi connectivity index (χ4n) is 1.76. The Hall–Kier alpha value is -1.44. The van der Waals surface area contributed by atoms with Gasteiger partial charge < -0.3 is 4.74 Å². The Balaban J connectivity index is 2.23. The smallest absolute Gasteiger partial charge is 0.337 e. The average Bonchev–Trinajstić information content (AvgIpc) is 2.47. The number of carbonyl (C=O) groups is 1. The van der Waals surface area contributed by atoms with Crippen molar-refractivity contribution in [1.82, 2.24) is 4.47 Å². The van der Waals surface area contributed by atoms with Crippen LogP contribution in [0.5, 0.6) is 0 Å². The Morgan fingerprint density at radius 3 is 2.47 bits per heavy atom. The maximum absolute atomic E-state index is 12.2. The van der Waals surface area contributed by atoms with Crippen LogP contribution in [0.4, 0.5) is 0 Å². The van der Waals surface area contributed by atoms with Gasteiger partial charge in [0.2, 0.25) is 0 Å². The number of carbonyl (C=O) groups excluding carboxylic acids is 1. The van der Waals surface area contributed by atoms with Gasteiger partial charge in [-0.1, -0.05) is 4.47 Å². The number of hydroxylamine groups is 1. The van der Waals surface area contributed by atoms with Gasteiger partial charge in [0.25, 0.3) is 10.0 Å². The Kier molecular flexibility index (Phi) is 4.18. The van der Waals surface area contributed by atoms with Crippen LogP contribution < -0.4 is 0 Å². The Labute approximate surface area is 111 Å². The molecular weight excluding hydrogens is 270 g/mol. The maximum atomic E-state index is 12.2. The quantitative estimate of drug-likeness (QED) is 0.780. The molecular formula is C12H15NO5S. The maximum Gasteiger partial charge on any atom is 0.337 e. The number of ether oxygens (including phenoxy) is 1. The molecule has 104 valence electrons. The zero-order chi connectivity index (χ0) is 13.9. The Bertz CT molecular complexity index is 546. The van der Waals surface area contributed by atoms with E-state index >= 15 is 0 Å². The monoisotopic (exact) mass is 285 g/mol. The number of hydrogen-bond acceptors (Lipinski definition) is 5. The van der Waals surface area contributed by atoms with E-state index in [2.05, 4.69) is 4.74 Å². The van der Waals surface area contributed by atoms with E-state index in [4.69, 9.17) is 4.84 Å². The second-order valence-corrected chi connectivity index (χ2v) is 5.92. The molecule has 2 rings (SSSR count). The molecule has 0 aliphatic carbocycles. The molecule has 0 bridgehead atoms. The number of rotatable bonds is 3. The predicted molar refractivity (Wildman–Crippen MR) is 66.9 cm³/mol. The van der Waals surface area contributed by atoms with E-state index in [1.165, 1.54) is 31.4 Å². The average molecular weight is 285 g/mol. The molecule has 1 aliphatic heterocycles. The zero-order valence-electron chi connectivity index (χ0n) is 10.5. The molecule has 0 N–H and O–H groups in total. The number of methoxy groups -OCH3 is 1. The molecule has 1 saturated heterocycles. The highest BCUT2D eigenvalue weighted by molar-refractivity contribution is 7.89. The van der Waals surface area contributed by atoms with Gasteiger partial charge in [0, 0.05) is 6.54 Å². The molecule has 0 atom stereocenters. The van der Waals surface area contributed by atoms with Crippen LogP contribution in [0.1, 0.15) is 23.2 Å². The lowest BCUT2D eigenvalue weighted by Gasteiger charge is -2.25. The molecule has 0 radical (unpaired) electrons. The van der Waals surface area contributed by atoms with Crippen LogP contribution in [0.25, 0.3) is 0 Å². The van der Waals surface area contributed by atoms with Gasteiger partial charge in [-0.2, -0.15) is 0 Å². The summed E-state index contributed by atoms with van der Waals surface area (Å²) in [5.41, 5.74) is 0.306. The SMILES string of the molecule is COC(=O)c1ccc(S(=O)(=O)N2CCCCO2)cc1. The van der Waals surface area contributed by atoms with Gasteiger partial charge in [0.05, 0.1) is 24.2 Å². The van der Waals surface area contributed by atoms with Crippen LogP contribution >= 0.6 is 0 Å². The molecule has 0 amide bonds. The van der Waals surface area contributed by atoms with E-state index in [0.717, 1.165) is 17.3 Å². The van der Waals surface area contributed by atoms with E-state index in [1.807, 2.05) is 0 Å². The lowest BCUT2D eigenvalue weighted by molar-refractivity contribution is -0.108. The van der Waals surface area contributed by atoms with Gasteiger partial charge >= 0.3 is 5.97 Å². The van der Waals surface area contributed by atoms with Crippen molar-refractivity contribution in [2.24, 2.45) is 0 Å². The van der Waals surface area contributed by atoms with Gasteiger partial charge in [0.1, 0.15) is 0 Å². The summed E-state index contributed by atoms with van der Waals surface area (Å²) in [6.07, 6.45) is 1.63. The molecule has 1 heterocycles. The normalized spacial score (nSPS) is 17.1. The predicted octanol–water partition coefficient (Wildman–Crippen LogP) is 1.19. The van der Waals surface area contributed by atoms with Gasteiger partial charge in [-0.25, -0.2) is 13.2 Å². The molecule has 7 heteroatoms. The van der Waals surface area contributed by atoms with Gasteiger partial charge in [-0.3, -0.25) is 4.84 Å². The number of esters is 1. The van der Waals surface area contributed by atoms with Crippen molar-refractivity contribution in [3.05, 3.63) is 29.8 Å². The van der Waals surface area contributed by atoms with Crippen molar-refractivity contribution in [2.45, 2.75) is 17.7 Å². The molecule has 0 unspecified atom stereocenters. The Morgan fingerprint density at radius 1 is 1.26 bits per heavy atom. The van der Waals surface area contributed by atoms with E-state index in [-0.39, 0.29) is 4.90 Å². The molecule has 19 heavy (non-hydrogen) atoms. The van der Waals surface area contributed by atoms with Crippen LogP contribution in [-0.2, 0) is 19.6 Å². The van der Waals surface area contributed by atoms with Crippen molar-refractivity contribution in [1.29, 1.82) is 0 Å². The lowest BCUT2D eigenvalue weighted by atomic mass is 10.2. The first-order chi connectivity index (χ1) is 9.05. The van der Waals surface area contributed by atoms with Crippen LogP contribution in [-0.4, -0.2) is 39.1 Å². The summed E-state index contributed by atoms with van der Waals surface area (Å²) < 4.78 is 30.0. The minimum absolute atomic E-state index is 0.0991. The summed E-state index contributed by atoms with van der Waals surface area (Å²) >= 11 is 0. The third kappa shape index (κ3) is 2.94. The molecule has 1 aliphatic rings. The summed E-state index contributed by atoms with van der Waals surface area (Å²) in [6.45, 7) is 0.751. The number of sulfonamides is 1. The summed E-state index contributed by atoms with van der Waals surface area (Å²) in [5.74, 6) is -0.502. The first-order valence-corrected chi connectivity index (χ1v) is 7.34. The second kappa shape index (κ2) is 5.68. The molecule has 0 spiro atoms. The van der Waals surface area contributed by atoms with Gasteiger partial charge in [0.15, 0.2) is 0 Å². The van der Waals surface area contributed by atoms with Crippen molar-refractivity contribution in [2.75, 3.05) is 20.3 Å². The van der Waals surface area contributed by atoms with Crippen molar-refractivity contribution >= 4 is 16.0 Å². The number of hydrogen-bond donors (Lipinski definition) is 0. The minimum Gasteiger partial charge on any atom is -0.465 e. The third-order valence-corrected chi connectivity index (χ3v) is 4.50. The van der Waals surface area contributed by atoms with Crippen LogP contribution in [0.15, 0.2) is 29.2 Å². The summed E-state index contributed by atoms with van der Waals surface area (Å²) in [5, 5.41) is 0. The largest absolute Gasteiger partial charge is 0.465 e. The third-order valence-electron chi connectivity index (χ3n) is 2.81. The first-order valence-electron chi connectivity index (χ1n) is 5.90. The molecule has 1 aromatic carbocycles. The van der Waals surface area contributed by atoms with E-state index < -0.39 is 16.0 Å². The highest BCUT2D eigenvalue weighted by Crippen LogP contribution is 2.20. The summed E-state index contributed by atoms with van der Waals surface area (Å²) in [4.78, 5) is 16.5. The molecule has 0 aromatic heterocycles. The molecule has 0 saturated carbocycles. The van der Waals surface area contributed by atoms with Gasteiger partial charge in [-0.05, 0) is 37.1 Å². The van der Waals surface area contributed by atoms with Gasteiger partial charge in [-0.15, -0.1) is 0 Å². The standard InChI is InChI=1S/C12H15NO5S/c1-17-12(14)10-4-6-11(7-5-10)19(15,16)13-8-2-3-9-18-13/h4-7H,2-3,8-9H2,1H3. The van der Waals surface area contributed by atoms with E-state index in [1.54, 1.807) is 0 Å². The highest BCUT2D eigenvalue weighted by atomic mass is 32.2. The van der Waals surface area contributed by atoms with Crippen molar-refractivity contribution in [3.8, 4) is 0 Å². The fourth-order valence-corrected chi connectivity index (χ4v) is 3.06. The van der Waals surface area contributed by atoms with Crippen LogP contribution in [0.2, 0.25) is 0 Å². The minimum atomic E-state index is -3.65. The lowest BCUT2D eigenvalue weighted by Crippen LogP contribution is -2.35. The van der Waals surface area contributed by atoms with Crippen LogP contribution in [0.3, 0.4) is 0 Å². The van der Waals surface area contributed by atoms with Crippen LogP contribution in [0, 0.1) is 0 Å². The highest BCUT2D eigenvalue weighted by Gasteiger charge is 2.27. The van der Waals surface area contributed by atoms with Crippen molar-refractivity contribution < 1.29 is 22.8 Å². The summed E-state index contributed by atoms with van der Waals surface area (Å²) in [6, 6.07) is 5.59. The topological polar surface area (TPSA) is 72.9 Å². The zero-order valence-corrected chi connectivity index (χ0v) is 11.4. The number of nitrogens with zero attached hydrogens (tertiary/aromatic N) is 1. The Morgan fingerprint density at radius 2 is 1.95 bits per heavy atom. The van der Waals surface area contributed by atoms with E-state index in [0.29, 0.717) is 18.7 Å². The fraction of sp³-hybridized carbons (Fsp3) is 0.417. The first kappa shape index (κ1) is 14.0.